The molecule has 0 atom stereocenters. The number of halogens is 3. The van der Waals surface area contributed by atoms with Crippen molar-refractivity contribution < 1.29 is 27.8 Å². The largest absolute Gasteiger partial charge is 0.493 e. The number of alkyl halides is 3. The lowest BCUT2D eigenvalue weighted by atomic mass is 9.95. The third-order valence-electron chi connectivity index (χ3n) is 5.12. The quantitative estimate of drug-likeness (QED) is 0.434. The number of aromatic carboxylic acids is 1. The number of hydrogen-bond acceptors (Lipinski definition) is 4. The minimum absolute atomic E-state index is 0.109. The summed E-state index contributed by atoms with van der Waals surface area (Å²) in [5.41, 5.74) is 1.89. The minimum atomic E-state index is -4.59. The summed E-state index contributed by atoms with van der Waals surface area (Å²) in [4.78, 5) is 17.7. The molecule has 5 nitrogen and oxygen atoms in total. The van der Waals surface area contributed by atoms with Gasteiger partial charge >= 0.3 is 12.1 Å². The summed E-state index contributed by atoms with van der Waals surface area (Å²) in [6.45, 7) is 2.68. The van der Waals surface area contributed by atoms with Crippen LogP contribution in [0, 0.1) is 6.92 Å². The monoisotopic (exact) mass is 458 g/mol. The molecule has 0 spiro atoms. The van der Waals surface area contributed by atoms with Gasteiger partial charge in [0, 0.05) is 17.7 Å². The van der Waals surface area contributed by atoms with E-state index in [1.807, 2.05) is 50.2 Å². The summed E-state index contributed by atoms with van der Waals surface area (Å²) in [5, 5.41) is 9.43. The molecule has 33 heavy (non-hydrogen) atoms. The lowest BCUT2D eigenvalue weighted by molar-refractivity contribution is -0.138. The second-order valence-electron chi connectivity index (χ2n) is 7.93. The zero-order valence-corrected chi connectivity index (χ0v) is 18.6. The number of carboxylic acids is 1. The topological polar surface area (TPSA) is 62.7 Å². The third-order valence-corrected chi connectivity index (χ3v) is 5.12. The average molecular weight is 458 g/mol. The third kappa shape index (κ3) is 5.90. The van der Waals surface area contributed by atoms with E-state index >= 15 is 0 Å². The van der Waals surface area contributed by atoms with Crippen molar-refractivity contribution in [3.05, 3.63) is 71.4 Å². The molecular weight excluding hydrogens is 433 g/mol. The van der Waals surface area contributed by atoms with Gasteiger partial charge in [0.2, 0.25) is 0 Å². The fraction of sp³-hybridized carbons (Fsp3) is 0.280. The average Bonchev–Trinajstić information content (AvgIpc) is 2.75. The predicted molar refractivity (Wildman–Crippen MR) is 120 cm³/mol. The molecule has 0 aliphatic rings. The molecule has 3 aromatic rings. The van der Waals surface area contributed by atoms with E-state index in [-0.39, 0.29) is 23.7 Å². The fourth-order valence-corrected chi connectivity index (χ4v) is 3.48. The molecule has 0 radical (unpaired) electrons. The Kier molecular flexibility index (Phi) is 7.38. The Balaban J connectivity index is 2.12. The van der Waals surface area contributed by atoms with E-state index in [1.165, 1.54) is 18.2 Å². The molecule has 8 heteroatoms. The Hall–Kier alpha value is -3.39. The minimum Gasteiger partial charge on any atom is -0.493 e. The highest BCUT2D eigenvalue weighted by Crippen LogP contribution is 2.40. The zero-order chi connectivity index (χ0) is 24.2. The second kappa shape index (κ2) is 10.0. The Morgan fingerprint density at radius 3 is 2.42 bits per heavy atom. The molecule has 0 saturated carbocycles. The molecule has 0 saturated heterocycles. The van der Waals surface area contributed by atoms with Crippen molar-refractivity contribution in [2.75, 3.05) is 27.2 Å². The van der Waals surface area contributed by atoms with Crippen molar-refractivity contribution >= 4 is 5.97 Å². The molecule has 1 heterocycles. The van der Waals surface area contributed by atoms with Gasteiger partial charge in [0.05, 0.1) is 17.9 Å². The van der Waals surface area contributed by atoms with Crippen molar-refractivity contribution in [2.24, 2.45) is 0 Å². The van der Waals surface area contributed by atoms with E-state index in [0.29, 0.717) is 24.1 Å². The molecule has 1 N–H and O–H groups in total. The number of nitrogens with zero attached hydrogens (tertiary/aromatic N) is 2. The molecule has 0 aliphatic carbocycles. The molecule has 3 rings (SSSR count). The number of ether oxygens (including phenoxy) is 1. The summed E-state index contributed by atoms with van der Waals surface area (Å²) < 4.78 is 46.3. The maximum Gasteiger partial charge on any atom is 0.419 e. The van der Waals surface area contributed by atoms with Gasteiger partial charge in [0.15, 0.2) is 0 Å². The van der Waals surface area contributed by atoms with Gasteiger partial charge in [0.25, 0.3) is 0 Å². The van der Waals surface area contributed by atoms with E-state index in [9.17, 15) is 23.1 Å². The molecule has 2 aromatic carbocycles. The number of benzene rings is 2. The van der Waals surface area contributed by atoms with Crippen LogP contribution in [0.5, 0.6) is 5.75 Å². The van der Waals surface area contributed by atoms with Crippen LogP contribution in [0.25, 0.3) is 22.4 Å². The summed E-state index contributed by atoms with van der Waals surface area (Å²) >= 11 is 0. The second-order valence-corrected chi connectivity index (χ2v) is 7.93. The zero-order valence-electron chi connectivity index (χ0n) is 18.6. The lowest BCUT2D eigenvalue weighted by Crippen LogP contribution is -2.16. The normalized spacial score (nSPS) is 11.6. The maximum absolute atomic E-state index is 13.6. The number of rotatable bonds is 8. The molecular formula is C25H25F3N2O3. The first-order valence-electron chi connectivity index (χ1n) is 10.4. The highest BCUT2D eigenvalue weighted by molar-refractivity contribution is 5.90. The van der Waals surface area contributed by atoms with Gasteiger partial charge in [0.1, 0.15) is 11.4 Å². The van der Waals surface area contributed by atoms with Crippen LogP contribution < -0.4 is 4.74 Å². The van der Waals surface area contributed by atoms with Gasteiger partial charge in [-0.1, -0.05) is 30.3 Å². The molecule has 0 bridgehead atoms. The van der Waals surface area contributed by atoms with E-state index in [2.05, 4.69) is 4.98 Å². The Bertz CT molecular complexity index is 1140. The molecule has 0 fully saturated rings. The van der Waals surface area contributed by atoms with Crippen LogP contribution in [-0.4, -0.2) is 48.2 Å². The van der Waals surface area contributed by atoms with E-state index in [4.69, 9.17) is 4.74 Å². The van der Waals surface area contributed by atoms with Crippen LogP contribution in [0.3, 0.4) is 0 Å². The first kappa shape index (κ1) is 24.3. The molecule has 0 aliphatic heterocycles. The Labute approximate surface area is 190 Å². The van der Waals surface area contributed by atoms with Gasteiger partial charge in [-0.15, -0.1) is 0 Å². The summed E-state index contributed by atoms with van der Waals surface area (Å²) in [6.07, 6.45) is -4.04. The standard InChI is InChI=1S/C25H25F3N2O3/c1-16-7-4-5-8-18(16)19-10-12-21(24(31)32)29-23(19)17-9-11-20(25(26,27)28)22(15-17)33-14-6-13-30(2)3/h4-5,7-12,15H,6,13-14H2,1-3H3,(H,31,32). The highest BCUT2D eigenvalue weighted by atomic mass is 19.4. The lowest BCUT2D eigenvalue weighted by Gasteiger charge is -2.18. The first-order valence-corrected chi connectivity index (χ1v) is 10.4. The van der Waals surface area contributed by atoms with Crippen molar-refractivity contribution in [2.45, 2.75) is 19.5 Å². The van der Waals surface area contributed by atoms with Crippen LogP contribution in [-0.2, 0) is 6.18 Å². The Morgan fingerprint density at radius 2 is 1.79 bits per heavy atom. The maximum atomic E-state index is 13.6. The van der Waals surface area contributed by atoms with Crippen molar-refractivity contribution in [1.82, 2.24) is 9.88 Å². The number of aromatic nitrogens is 1. The van der Waals surface area contributed by atoms with Crippen molar-refractivity contribution in [3.8, 4) is 28.1 Å². The van der Waals surface area contributed by atoms with Crippen molar-refractivity contribution in [1.29, 1.82) is 0 Å². The van der Waals surface area contributed by atoms with Crippen molar-refractivity contribution in [3.63, 3.8) is 0 Å². The van der Waals surface area contributed by atoms with Crippen LogP contribution in [0.2, 0.25) is 0 Å². The van der Waals surface area contributed by atoms with Gasteiger partial charge in [-0.25, -0.2) is 9.78 Å². The highest BCUT2D eigenvalue weighted by Gasteiger charge is 2.34. The van der Waals surface area contributed by atoms with Crippen LogP contribution in [0.1, 0.15) is 28.0 Å². The number of hydrogen-bond donors (Lipinski definition) is 1. The number of carbonyl (C=O) groups is 1. The van der Waals surface area contributed by atoms with E-state index in [0.717, 1.165) is 17.2 Å². The van der Waals surface area contributed by atoms with Crippen LogP contribution in [0.4, 0.5) is 13.2 Å². The van der Waals surface area contributed by atoms with Gasteiger partial charge in [-0.05, 0) is 62.8 Å². The SMILES string of the molecule is Cc1ccccc1-c1ccc(C(=O)O)nc1-c1ccc(C(F)(F)F)c(OCCCN(C)C)c1. The van der Waals surface area contributed by atoms with Gasteiger partial charge in [-0.2, -0.15) is 13.2 Å². The van der Waals surface area contributed by atoms with Crippen LogP contribution in [0.15, 0.2) is 54.6 Å². The van der Waals surface area contributed by atoms with Gasteiger partial charge < -0.3 is 14.7 Å². The molecule has 1 aromatic heterocycles. The fourth-order valence-electron chi connectivity index (χ4n) is 3.48. The van der Waals surface area contributed by atoms with E-state index < -0.39 is 17.7 Å². The first-order chi connectivity index (χ1) is 15.6. The summed E-state index contributed by atoms with van der Waals surface area (Å²) in [6, 6.07) is 14.0. The molecule has 174 valence electrons. The molecule has 0 amide bonds. The smallest absolute Gasteiger partial charge is 0.419 e. The Morgan fingerprint density at radius 1 is 1.06 bits per heavy atom. The van der Waals surface area contributed by atoms with Crippen LogP contribution >= 0.6 is 0 Å². The number of pyridine rings is 1. The predicted octanol–water partition coefficient (Wildman–Crippen LogP) is 5.77. The number of aryl methyl sites for hydroxylation is 1. The van der Waals surface area contributed by atoms with E-state index in [1.54, 1.807) is 6.07 Å². The summed E-state index contributed by atoms with van der Waals surface area (Å²) in [7, 11) is 3.74. The van der Waals surface area contributed by atoms with Gasteiger partial charge in [-0.3, -0.25) is 0 Å². The summed E-state index contributed by atoms with van der Waals surface area (Å²) in [5.74, 6) is -1.53. The number of carboxylic acid groups (broad SMARTS) is 1. The molecule has 0 unspecified atom stereocenters.